The van der Waals surface area contributed by atoms with Gasteiger partial charge in [0, 0.05) is 12.0 Å². The molecule has 0 aliphatic carbocycles. The topological polar surface area (TPSA) is 26.3 Å². The number of ether oxygens (including phenoxy) is 1. The molecule has 0 aliphatic rings. The first-order chi connectivity index (χ1) is 11.1. The van der Waals surface area contributed by atoms with E-state index < -0.39 is 0 Å². The SMILES string of the molecule is CCCCc1ccc(/C(Cl)=C/c2ccc(OC(C)=O)cc2)cc1. The number of hydrogen-bond donors (Lipinski definition) is 0. The highest BCUT2D eigenvalue weighted by molar-refractivity contribution is 6.51. The van der Waals surface area contributed by atoms with Crippen molar-refractivity contribution < 1.29 is 9.53 Å². The second kappa shape index (κ2) is 8.54. The first kappa shape index (κ1) is 17.3. The minimum Gasteiger partial charge on any atom is -0.427 e. The van der Waals surface area contributed by atoms with Crippen LogP contribution in [0.1, 0.15) is 43.4 Å². The molecule has 0 unspecified atom stereocenters. The van der Waals surface area contributed by atoms with Gasteiger partial charge in [-0.2, -0.15) is 0 Å². The smallest absolute Gasteiger partial charge is 0.308 e. The van der Waals surface area contributed by atoms with Crippen molar-refractivity contribution in [2.45, 2.75) is 33.1 Å². The van der Waals surface area contributed by atoms with E-state index in [2.05, 4.69) is 31.2 Å². The van der Waals surface area contributed by atoms with Crippen LogP contribution >= 0.6 is 11.6 Å². The zero-order valence-corrected chi connectivity index (χ0v) is 14.3. The lowest BCUT2D eigenvalue weighted by atomic mass is 10.1. The molecule has 0 aliphatic heterocycles. The maximum absolute atomic E-state index is 10.9. The fourth-order valence-corrected chi connectivity index (χ4v) is 2.49. The van der Waals surface area contributed by atoms with Crippen molar-refractivity contribution >= 4 is 28.7 Å². The maximum Gasteiger partial charge on any atom is 0.308 e. The summed E-state index contributed by atoms with van der Waals surface area (Å²) in [5.41, 5.74) is 3.29. The third kappa shape index (κ3) is 5.57. The van der Waals surface area contributed by atoms with Crippen LogP contribution in [0, 0.1) is 0 Å². The molecule has 0 N–H and O–H groups in total. The van der Waals surface area contributed by atoms with Gasteiger partial charge in [-0.1, -0.05) is 61.3 Å². The van der Waals surface area contributed by atoms with Crippen LogP contribution < -0.4 is 4.74 Å². The highest BCUT2D eigenvalue weighted by atomic mass is 35.5. The van der Waals surface area contributed by atoms with Crippen LogP contribution in [0.25, 0.3) is 11.1 Å². The Morgan fingerprint density at radius 2 is 1.74 bits per heavy atom. The third-order valence-electron chi connectivity index (χ3n) is 3.48. The molecule has 0 spiro atoms. The maximum atomic E-state index is 10.9. The molecule has 2 rings (SSSR count). The number of rotatable bonds is 6. The van der Waals surface area contributed by atoms with Gasteiger partial charge < -0.3 is 4.74 Å². The number of benzene rings is 2. The summed E-state index contributed by atoms with van der Waals surface area (Å²) >= 11 is 6.40. The number of unbranched alkanes of at least 4 members (excludes halogenated alkanes) is 1. The van der Waals surface area contributed by atoms with Gasteiger partial charge in [0.25, 0.3) is 0 Å². The largest absolute Gasteiger partial charge is 0.427 e. The van der Waals surface area contributed by atoms with E-state index in [0.29, 0.717) is 10.8 Å². The minimum atomic E-state index is -0.325. The van der Waals surface area contributed by atoms with E-state index in [1.165, 1.54) is 25.3 Å². The number of hydrogen-bond acceptors (Lipinski definition) is 2. The summed E-state index contributed by atoms with van der Waals surface area (Å²) in [6, 6.07) is 15.6. The fourth-order valence-electron chi connectivity index (χ4n) is 2.24. The van der Waals surface area contributed by atoms with Gasteiger partial charge >= 0.3 is 5.97 Å². The Balaban J connectivity index is 2.07. The number of halogens is 1. The lowest BCUT2D eigenvalue weighted by molar-refractivity contribution is -0.131. The summed E-state index contributed by atoms with van der Waals surface area (Å²) in [5, 5.41) is 0.687. The summed E-state index contributed by atoms with van der Waals surface area (Å²) in [6.07, 6.45) is 5.42. The van der Waals surface area contributed by atoms with Crippen molar-refractivity contribution in [1.29, 1.82) is 0 Å². The van der Waals surface area contributed by atoms with Gasteiger partial charge in [0.15, 0.2) is 0 Å². The molecule has 0 aromatic heterocycles. The van der Waals surface area contributed by atoms with Crippen molar-refractivity contribution in [3.05, 3.63) is 65.2 Å². The highest BCUT2D eigenvalue weighted by Crippen LogP contribution is 2.24. The molecule has 0 saturated heterocycles. The van der Waals surface area contributed by atoms with E-state index in [1.807, 2.05) is 18.2 Å². The van der Waals surface area contributed by atoms with Crippen LogP contribution in [0.2, 0.25) is 0 Å². The Bertz CT molecular complexity index is 670. The van der Waals surface area contributed by atoms with Gasteiger partial charge in [0.1, 0.15) is 5.75 Å². The molecule has 3 heteroatoms. The highest BCUT2D eigenvalue weighted by Gasteiger charge is 2.01. The number of esters is 1. The van der Waals surface area contributed by atoms with Crippen molar-refractivity contribution in [2.24, 2.45) is 0 Å². The molecule has 2 nitrogen and oxygen atoms in total. The van der Waals surface area contributed by atoms with Gasteiger partial charge in [-0.3, -0.25) is 4.79 Å². The summed E-state index contributed by atoms with van der Waals surface area (Å²) in [4.78, 5) is 10.9. The molecule has 2 aromatic carbocycles. The van der Waals surface area contributed by atoms with E-state index in [-0.39, 0.29) is 5.97 Å². The minimum absolute atomic E-state index is 0.325. The Labute approximate surface area is 142 Å². The van der Waals surface area contributed by atoms with Gasteiger partial charge in [-0.05, 0) is 47.7 Å². The van der Waals surface area contributed by atoms with Crippen LogP contribution in [0.3, 0.4) is 0 Å². The lowest BCUT2D eigenvalue weighted by Crippen LogP contribution is -2.00. The molecule has 0 heterocycles. The first-order valence-corrected chi connectivity index (χ1v) is 8.21. The summed E-state index contributed by atoms with van der Waals surface area (Å²) in [6.45, 7) is 3.58. The van der Waals surface area contributed by atoms with Crippen LogP contribution in [-0.2, 0) is 11.2 Å². The van der Waals surface area contributed by atoms with Crippen LogP contribution in [0.15, 0.2) is 48.5 Å². The summed E-state index contributed by atoms with van der Waals surface area (Å²) in [5.74, 6) is 0.209. The van der Waals surface area contributed by atoms with E-state index in [1.54, 1.807) is 12.1 Å². The van der Waals surface area contributed by atoms with Crippen molar-refractivity contribution in [1.82, 2.24) is 0 Å². The van der Waals surface area contributed by atoms with Crippen LogP contribution in [-0.4, -0.2) is 5.97 Å². The second-order valence-corrected chi connectivity index (χ2v) is 5.86. The molecule has 23 heavy (non-hydrogen) atoms. The van der Waals surface area contributed by atoms with Crippen molar-refractivity contribution in [3.8, 4) is 5.75 Å². The molecule has 0 amide bonds. The molecule has 0 fully saturated rings. The molecule has 2 aromatic rings. The molecule has 120 valence electrons. The Hall–Kier alpha value is -2.06. The predicted molar refractivity (Wildman–Crippen MR) is 96.5 cm³/mol. The number of carbonyl (C=O) groups excluding carboxylic acids is 1. The molecular weight excluding hydrogens is 308 g/mol. The van der Waals surface area contributed by atoms with Crippen molar-refractivity contribution in [3.63, 3.8) is 0 Å². The Kier molecular flexibility index (Phi) is 6.42. The standard InChI is InChI=1S/C20H21ClO2/c1-3-4-5-16-6-10-18(11-7-16)20(21)14-17-8-12-19(13-9-17)23-15(2)22/h6-14H,3-5H2,1-2H3/b20-14-. The van der Waals surface area contributed by atoms with Crippen molar-refractivity contribution in [2.75, 3.05) is 0 Å². The summed E-state index contributed by atoms with van der Waals surface area (Å²) < 4.78 is 5.01. The number of carbonyl (C=O) groups is 1. The molecule has 0 atom stereocenters. The van der Waals surface area contributed by atoms with Crippen LogP contribution in [0.5, 0.6) is 5.75 Å². The molecular formula is C20H21ClO2. The third-order valence-corrected chi connectivity index (χ3v) is 3.81. The first-order valence-electron chi connectivity index (χ1n) is 7.83. The number of aryl methyl sites for hydroxylation is 1. The zero-order chi connectivity index (χ0) is 16.7. The van der Waals surface area contributed by atoms with Gasteiger partial charge in [0.05, 0.1) is 0 Å². The predicted octanol–water partition coefficient (Wildman–Crippen LogP) is 5.69. The second-order valence-electron chi connectivity index (χ2n) is 5.46. The molecule has 0 bridgehead atoms. The monoisotopic (exact) mass is 328 g/mol. The Morgan fingerprint density at radius 1 is 1.09 bits per heavy atom. The van der Waals surface area contributed by atoms with E-state index in [4.69, 9.17) is 16.3 Å². The zero-order valence-electron chi connectivity index (χ0n) is 13.5. The normalized spacial score (nSPS) is 11.3. The molecule has 0 saturated carbocycles. The van der Waals surface area contributed by atoms with Gasteiger partial charge in [-0.15, -0.1) is 0 Å². The van der Waals surface area contributed by atoms with Crippen LogP contribution in [0.4, 0.5) is 0 Å². The summed E-state index contributed by atoms with van der Waals surface area (Å²) in [7, 11) is 0. The quantitative estimate of drug-likeness (QED) is 0.387. The Morgan fingerprint density at radius 3 is 2.30 bits per heavy atom. The molecule has 0 radical (unpaired) electrons. The average Bonchev–Trinajstić information content (AvgIpc) is 2.54. The van der Waals surface area contributed by atoms with Gasteiger partial charge in [-0.25, -0.2) is 0 Å². The van der Waals surface area contributed by atoms with E-state index in [9.17, 15) is 4.79 Å². The van der Waals surface area contributed by atoms with E-state index in [0.717, 1.165) is 17.5 Å². The fraction of sp³-hybridized carbons (Fsp3) is 0.250. The van der Waals surface area contributed by atoms with E-state index >= 15 is 0 Å². The lowest BCUT2D eigenvalue weighted by Gasteiger charge is -2.04. The average molecular weight is 329 g/mol. The van der Waals surface area contributed by atoms with Gasteiger partial charge in [0.2, 0.25) is 0 Å².